The van der Waals surface area contributed by atoms with Crippen molar-refractivity contribution in [1.82, 2.24) is 5.32 Å². The third-order valence-electron chi connectivity index (χ3n) is 2.57. The van der Waals surface area contributed by atoms with E-state index in [9.17, 15) is 0 Å². The Morgan fingerprint density at radius 3 is 2.87 bits per heavy atom. The molecule has 0 saturated carbocycles. The van der Waals surface area contributed by atoms with Gasteiger partial charge in [-0.25, -0.2) is 0 Å². The maximum absolute atomic E-state index is 3.58. The van der Waals surface area contributed by atoms with E-state index in [2.05, 4.69) is 42.2 Å². The SMILES string of the molecule is CSC(C)CCNC(C)Cc1ccsc1. The van der Waals surface area contributed by atoms with E-state index in [-0.39, 0.29) is 0 Å². The molecule has 1 N–H and O–H groups in total. The summed E-state index contributed by atoms with van der Waals surface area (Å²) < 4.78 is 0. The van der Waals surface area contributed by atoms with Crippen LogP contribution in [0, 0.1) is 0 Å². The molecule has 0 aliphatic carbocycles. The molecule has 1 heterocycles. The van der Waals surface area contributed by atoms with Crippen LogP contribution in [0.15, 0.2) is 16.8 Å². The van der Waals surface area contributed by atoms with Crippen molar-refractivity contribution in [2.45, 2.75) is 38.0 Å². The summed E-state index contributed by atoms with van der Waals surface area (Å²) in [5.41, 5.74) is 1.46. The van der Waals surface area contributed by atoms with Crippen molar-refractivity contribution in [3.05, 3.63) is 22.4 Å². The zero-order valence-electron chi connectivity index (χ0n) is 9.82. The maximum atomic E-state index is 3.58. The van der Waals surface area contributed by atoms with Crippen molar-refractivity contribution in [3.8, 4) is 0 Å². The first kappa shape index (κ1) is 13.1. The average molecular weight is 243 g/mol. The van der Waals surface area contributed by atoms with Gasteiger partial charge in [-0.15, -0.1) is 0 Å². The number of hydrogen-bond acceptors (Lipinski definition) is 3. The molecule has 2 atom stereocenters. The monoisotopic (exact) mass is 243 g/mol. The third-order valence-corrected chi connectivity index (χ3v) is 4.34. The standard InChI is InChI=1S/C12H21NS2/c1-10(8-12-5-7-15-9-12)13-6-4-11(2)14-3/h5,7,9-11,13H,4,6,8H2,1-3H3. The molecule has 2 unspecified atom stereocenters. The molecule has 0 spiro atoms. The highest BCUT2D eigenvalue weighted by atomic mass is 32.2. The number of nitrogens with one attached hydrogen (secondary N) is 1. The van der Waals surface area contributed by atoms with E-state index in [1.165, 1.54) is 12.0 Å². The molecule has 0 saturated heterocycles. The van der Waals surface area contributed by atoms with E-state index >= 15 is 0 Å². The van der Waals surface area contributed by atoms with Gasteiger partial charge >= 0.3 is 0 Å². The molecule has 0 amide bonds. The van der Waals surface area contributed by atoms with Gasteiger partial charge in [0.2, 0.25) is 0 Å². The van der Waals surface area contributed by atoms with Gasteiger partial charge in [0.15, 0.2) is 0 Å². The molecule has 1 aromatic rings. The Morgan fingerprint density at radius 1 is 1.47 bits per heavy atom. The van der Waals surface area contributed by atoms with E-state index in [4.69, 9.17) is 0 Å². The summed E-state index contributed by atoms with van der Waals surface area (Å²) in [7, 11) is 0. The molecule has 1 rings (SSSR count). The minimum absolute atomic E-state index is 0.591. The molecule has 0 aliphatic rings. The lowest BCUT2D eigenvalue weighted by molar-refractivity contribution is 0.534. The summed E-state index contributed by atoms with van der Waals surface area (Å²) in [6, 6.07) is 2.81. The fourth-order valence-corrected chi connectivity index (χ4v) is 2.52. The van der Waals surface area contributed by atoms with Crippen molar-refractivity contribution in [2.24, 2.45) is 0 Å². The van der Waals surface area contributed by atoms with Crippen molar-refractivity contribution in [2.75, 3.05) is 12.8 Å². The van der Waals surface area contributed by atoms with Gasteiger partial charge in [-0.2, -0.15) is 23.1 Å². The third kappa shape index (κ3) is 5.59. The lowest BCUT2D eigenvalue weighted by atomic mass is 10.1. The molecule has 0 bridgehead atoms. The van der Waals surface area contributed by atoms with Crippen LogP contribution in [0.1, 0.15) is 25.8 Å². The highest BCUT2D eigenvalue weighted by molar-refractivity contribution is 7.99. The van der Waals surface area contributed by atoms with Crippen LogP contribution in [0.25, 0.3) is 0 Å². The predicted octanol–water partition coefficient (Wildman–Crippen LogP) is 3.41. The first-order valence-electron chi connectivity index (χ1n) is 5.49. The van der Waals surface area contributed by atoms with Crippen molar-refractivity contribution < 1.29 is 0 Å². The molecular formula is C12H21NS2. The lowest BCUT2D eigenvalue weighted by Gasteiger charge is -2.14. The van der Waals surface area contributed by atoms with Crippen molar-refractivity contribution >= 4 is 23.1 Å². The second-order valence-corrected chi connectivity index (χ2v) is 6.08. The molecule has 0 aliphatic heterocycles. The van der Waals surface area contributed by atoms with Gasteiger partial charge in [-0.05, 0) is 55.0 Å². The van der Waals surface area contributed by atoms with Crippen LogP contribution in [0.3, 0.4) is 0 Å². The van der Waals surface area contributed by atoms with Gasteiger partial charge in [0.05, 0.1) is 0 Å². The van der Waals surface area contributed by atoms with E-state index in [0.29, 0.717) is 6.04 Å². The van der Waals surface area contributed by atoms with Gasteiger partial charge in [0.25, 0.3) is 0 Å². The Kier molecular flexibility index (Phi) is 6.37. The van der Waals surface area contributed by atoms with Crippen molar-refractivity contribution in [1.29, 1.82) is 0 Å². The van der Waals surface area contributed by atoms with E-state index in [1.807, 2.05) is 11.8 Å². The quantitative estimate of drug-likeness (QED) is 0.787. The minimum Gasteiger partial charge on any atom is -0.314 e. The smallest absolute Gasteiger partial charge is 0.00794 e. The molecule has 1 nitrogen and oxygen atoms in total. The van der Waals surface area contributed by atoms with Crippen LogP contribution in [-0.4, -0.2) is 24.1 Å². The summed E-state index contributed by atoms with van der Waals surface area (Å²) in [5, 5.41) is 8.74. The molecule has 3 heteroatoms. The Hall–Kier alpha value is 0.01000. The van der Waals surface area contributed by atoms with Gasteiger partial charge in [0, 0.05) is 11.3 Å². The maximum Gasteiger partial charge on any atom is 0.00794 e. The van der Waals surface area contributed by atoms with Crippen LogP contribution >= 0.6 is 23.1 Å². The number of hydrogen-bond donors (Lipinski definition) is 1. The second kappa shape index (κ2) is 7.31. The van der Waals surface area contributed by atoms with Crippen LogP contribution in [0.2, 0.25) is 0 Å². The first-order valence-corrected chi connectivity index (χ1v) is 7.72. The van der Waals surface area contributed by atoms with E-state index < -0.39 is 0 Å². The minimum atomic E-state index is 0.591. The summed E-state index contributed by atoms with van der Waals surface area (Å²) in [5.74, 6) is 0. The molecule has 0 aromatic carbocycles. The number of thioether (sulfide) groups is 1. The van der Waals surface area contributed by atoms with Gasteiger partial charge in [-0.3, -0.25) is 0 Å². The summed E-state index contributed by atoms with van der Waals surface area (Å²) in [6.07, 6.45) is 4.59. The Bertz CT molecular complexity index is 246. The Balaban J connectivity index is 2.11. The molecule has 15 heavy (non-hydrogen) atoms. The second-order valence-electron chi connectivity index (χ2n) is 4.03. The van der Waals surface area contributed by atoms with Gasteiger partial charge in [0.1, 0.15) is 0 Å². The molecule has 0 radical (unpaired) electrons. The summed E-state index contributed by atoms with van der Waals surface area (Å²) >= 11 is 3.73. The summed E-state index contributed by atoms with van der Waals surface area (Å²) in [4.78, 5) is 0. The predicted molar refractivity (Wildman–Crippen MR) is 73.1 cm³/mol. The zero-order valence-corrected chi connectivity index (χ0v) is 11.5. The van der Waals surface area contributed by atoms with E-state index in [1.54, 1.807) is 11.3 Å². The van der Waals surface area contributed by atoms with Gasteiger partial charge in [-0.1, -0.05) is 6.92 Å². The normalized spacial score (nSPS) is 15.1. The van der Waals surface area contributed by atoms with Crippen LogP contribution < -0.4 is 5.32 Å². The van der Waals surface area contributed by atoms with Crippen LogP contribution in [-0.2, 0) is 6.42 Å². The topological polar surface area (TPSA) is 12.0 Å². The van der Waals surface area contributed by atoms with Crippen LogP contribution in [0.4, 0.5) is 0 Å². The van der Waals surface area contributed by atoms with Gasteiger partial charge < -0.3 is 5.32 Å². The van der Waals surface area contributed by atoms with E-state index in [0.717, 1.165) is 18.2 Å². The average Bonchev–Trinajstić information content (AvgIpc) is 2.70. The fraction of sp³-hybridized carbons (Fsp3) is 0.667. The Labute approximate surface area is 102 Å². The summed E-state index contributed by atoms with van der Waals surface area (Å²) in [6.45, 7) is 5.69. The lowest BCUT2D eigenvalue weighted by Crippen LogP contribution is -2.29. The fourth-order valence-electron chi connectivity index (χ4n) is 1.49. The molecular weight excluding hydrogens is 222 g/mol. The molecule has 0 fully saturated rings. The zero-order chi connectivity index (χ0) is 11.1. The molecule has 86 valence electrons. The number of thiophene rings is 1. The first-order chi connectivity index (χ1) is 7.22. The largest absolute Gasteiger partial charge is 0.314 e. The highest BCUT2D eigenvalue weighted by Crippen LogP contribution is 2.10. The Morgan fingerprint density at radius 2 is 2.27 bits per heavy atom. The number of rotatable bonds is 7. The van der Waals surface area contributed by atoms with Crippen molar-refractivity contribution in [3.63, 3.8) is 0 Å². The van der Waals surface area contributed by atoms with Crippen LogP contribution in [0.5, 0.6) is 0 Å². The molecule has 1 aromatic heterocycles. The highest BCUT2D eigenvalue weighted by Gasteiger charge is 2.04.